The molecule has 3 rings (SSSR count). The van der Waals surface area contributed by atoms with Crippen LogP contribution in [-0.4, -0.2) is 43.8 Å². The van der Waals surface area contributed by atoms with Gasteiger partial charge in [0.15, 0.2) is 0 Å². The van der Waals surface area contributed by atoms with Crippen LogP contribution in [0.5, 0.6) is 0 Å². The monoisotopic (exact) mass is 643 g/mol. The van der Waals surface area contributed by atoms with Crippen molar-refractivity contribution in [3.63, 3.8) is 0 Å². The maximum atomic E-state index is 14.0. The molecule has 0 fully saturated rings. The lowest BCUT2D eigenvalue weighted by atomic mass is 10.1. The zero-order chi connectivity index (χ0) is 29.6. The Morgan fingerprint density at radius 3 is 2.08 bits per heavy atom. The van der Waals surface area contributed by atoms with Crippen LogP contribution in [0.15, 0.2) is 71.6 Å². The second kappa shape index (κ2) is 13.9. The predicted molar refractivity (Wildman–Crippen MR) is 162 cm³/mol. The molecule has 2 amide bonds. The van der Waals surface area contributed by atoms with E-state index >= 15 is 0 Å². The largest absolute Gasteiger partial charge is 0.352 e. The van der Waals surface area contributed by atoms with Gasteiger partial charge in [0.05, 0.1) is 10.6 Å². The maximum absolute atomic E-state index is 14.0. The summed E-state index contributed by atoms with van der Waals surface area (Å²) >= 11 is 24.6. The van der Waals surface area contributed by atoms with E-state index in [4.69, 9.17) is 46.4 Å². The molecule has 0 saturated heterocycles. The van der Waals surface area contributed by atoms with Crippen LogP contribution >= 0.6 is 46.4 Å². The minimum atomic E-state index is -4.25. The van der Waals surface area contributed by atoms with Crippen LogP contribution in [0.4, 0.5) is 5.69 Å². The topological polar surface area (TPSA) is 86.8 Å². The van der Waals surface area contributed by atoms with Crippen molar-refractivity contribution in [1.29, 1.82) is 0 Å². The van der Waals surface area contributed by atoms with Gasteiger partial charge in [0.1, 0.15) is 12.6 Å². The Morgan fingerprint density at radius 2 is 1.50 bits per heavy atom. The highest BCUT2D eigenvalue weighted by atomic mass is 35.5. The minimum absolute atomic E-state index is 0.0523. The molecule has 3 aromatic rings. The summed E-state index contributed by atoms with van der Waals surface area (Å²) in [6, 6.07) is 15.5. The van der Waals surface area contributed by atoms with Crippen LogP contribution in [-0.2, 0) is 26.2 Å². The molecule has 0 saturated carbocycles. The molecule has 0 bridgehead atoms. The molecular weight excluding hydrogens is 616 g/mol. The molecule has 0 aliphatic rings. The molecule has 7 nitrogen and oxygen atoms in total. The van der Waals surface area contributed by atoms with Crippen LogP contribution < -0.4 is 9.62 Å². The summed E-state index contributed by atoms with van der Waals surface area (Å²) in [5.74, 6) is -0.986. The number of halogens is 4. The first-order chi connectivity index (χ1) is 18.8. The van der Waals surface area contributed by atoms with E-state index in [2.05, 4.69) is 5.32 Å². The van der Waals surface area contributed by atoms with Crippen molar-refractivity contribution in [2.75, 3.05) is 10.8 Å². The Morgan fingerprint density at radius 1 is 0.875 bits per heavy atom. The van der Waals surface area contributed by atoms with Gasteiger partial charge in [0.25, 0.3) is 10.0 Å². The lowest BCUT2D eigenvalue weighted by Crippen LogP contribution is -2.53. The van der Waals surface area contributed by atoms with Crippen molar-refractivity contribution in [3.8, 4) is 0 Å². The minimum Gasteiger partial charge on any atom is -0.352 e. The van der Waals surface area contributed by atoms with Crippen LogP contribution in [0.1, 0.15) is 32.8 Å². The van der Waals surface area contributed by atoms with Crippen LogP contribution in [0, 0.1) is 0 Å². The molecule has 1 N–H and O–H groups in total. The number of rotatable bonds is 11. The van der Waals surface area contributed by atoms with Crippen LogP contribution in [0.2, 0.25) is 20.1 Å². The van der Waals surface area contributed by atoms with Crippen molar-refractivity contribution in [3.05, 3.63) is 92.4 Å². The van der Waals surface area contributed by atoms with Crippen molar-refractivity contribution < 1.29 is 18.0 Å². The fraction of sp³-hybridized carbons (Fsp3) is 0.286. The lowest BCUT2D eigenvalue weighted by Gasteiger charge is -2.33. The molecule has 0 aliphatic heterocycles. The normalized spacial score (nSPS) is 12.2. The lowest BCUT2D eigenvalue weighted by molar-refractivity contribution is -0.140. The number of nitrogens with one attached hydrogen (secondary N) is 1. The molecule has 0 radical (unpaired) electrons. The zero-order valence-electron chi connectivity index (χ0n) is 22.1. The third kappa shape index (κ3) is 8.04. The number of amides is 2. The quantitative estimate of drug-likeness (QED) is 0.248. The molecule has 0 heterocycles. The summed E-state index contributed by atoms with van der Waals surface area (Å²) in [4.78, 5) is 28.5. The first-order valence-corrected chi connectivity index (χ1v) is 15.4. The number of hydrogen-bond acceptors (Lipinski definition) is 4. The fourth-order valence-corrected chi connectivity index (χ4v) is 6.21. The standard InChI is InChI=1S/C28H29Cl4N3O4S/c1-4-26(28(37)33-18(2)3)34(16-19-8-9-22(31)15-25(19)32)27(36)17-35(23-7-5-6-21(30)14-23)40(38,39)24-12-10-20(29)11-13-24/h5-15,18,26H,4,16-17H2,1-3H3,(H,33,37). The van der Waals surface area contributed by atoms with E-state index in [1.54, 1.807) is 37.3 Å². The molecule has 0 aliphatic carbocycles. The number of anilines is 1. The van der Waals surface area contributed by atoms with Crippen LogP contribution in [0.3, 0.4) is 0 Å². The highest BCUT2D eigenvalue weighted by Gasteiger charge is 2.34. The number of benzene rings is 3. The molecule has 0 aromatic heterocycles. The van der Waals surface area contributed by atoms with Gasteiger partial charge < -0.3 is 10.2 Å². The first kappa shape index (κ1) is 32.0. The number of hydrogen-bond donors (Lipinski definition) is 1. The van der Waals surface area contributed by atoms with Gasteiger partial charge in [-0.15, -0.1) is 0 Å². The Bertz CT molecular complexity index is 1470. The summed E-state index contributed by atoms with van der Waals surface area (Å²) in [6.45, 7) is 4.73. The Hall–Kier alpha value is -2.49. The fourth-order valence-electron chi connectivity index (χ4n) is 4.03. The van der Waals surface area contributed by atoms with Crippen molar-refractivity contribution in [1.82, 2.24) is 10.2 Å². The third-order valence-corrected chi connectivity index (χ3v) is 8.81. The zero-order valence-corrected chi connectivity index (χ0v) is 25.9. The van der Waals surface area contributed by atoms with E-state index in [1.165, 1.54) is 41.3 Å². The van der Waals surface area contributed by atoms with Gasteiger partial charge in [0.2, 0.25) is 11.8 Å². The number of carbonyl (C=O) groups excluding carboxylic acids is 2. The maximum Gasteiger partial charge on any atom is 0.264 e. The Labute approximate surface area is 255 Å². The number of carbonyl (C=O) groups is 2. The van der Waals surface area contributed by atoms with Crippen molar-refractivity contribution >= 4 is 73.9 Å². The second-order valence-corrected chi connectivity index (χ2v) is 12.9. The number of sulfonamides is 1. The smallest absolute Gasteiger partial charge is 0.264 e. The highest BCUT2D eigenvalue weighted by Crippen LogP contribution is 2.28. The molecule has 214 valence electrons. The van der Waals surface area contributed by atoms with Gasteiger partial charge in [-0.3, -0.25) is 13.9 Å². The highest BCUT2D eigenvalue weighted by molar-refractivity contribution is 7.92. The molecular formula is C28H29Cl4N3O4S. The average Bonchev–Trinajstić information content (AvgIpc) is 2.88. The summed E-state index contributed by atoms with van der Waals surface area (Å²) in [5, 5.41) is 4.21. The Balaban J connectivity index is 2.09. The van der Waals surface area contributed by atoms with Gasteiger partial charge in [-0.2, -0.15) is 0 Å². The van der Waals surface area contributed by atoms with E-state index in [-0.39, 0.29) is 40.5 Å². The summed E-state index contributed by atoms with van der Waals surface area (Å²) in [7, 11) is -4.25. The van der Waals surface area contributed by atoms with E-state index in [9.17, 15) is 18.0 Å². The molecule has 3 aromatic carbocycles. The summed E-state index contributed by atoms with van der Waals surface area (Å²) < 4.78 is 28.6. The van der Waals surface area contributed by atoms with E-state index in [0.29, 0.717) is 20.6 Å². The first-order valence-electron chi connectivity index (χ1n) is 12.4. The molecule has 40 heavy (non-hydrogen) atoms. The third-order valence-electron chi connectivity index (χ3n) is 5.95. The number of nitrogens with zero attached hydrogens (tertiary/aromatic N) is 2. The van der Waals surface area contributed by atoms with Gasteiger partial charge in [-0.1, -0.05) is 65.5 Å². The van der Waals surface area contributed by atoms with E-state index in [1.807, 2.05) is 13.8 Å². The molecule has 1 atom stereocenters. The van der Waals surface area contributed by atoms with Crippen LogP contribution in [0.25, 0.3) is 0 Å². The van der Waals surface area contributed by atoms with Crippen molar-refractivity contribution in [2.45, 2.75) is 50.7 Å². The SMILES string of the molecule is CCC(C(=O)NC(C)C)N(Cc1ccc(Cl)cc1Cl)C(=O)CN(c1cccc(Cl)c1)S(=O)(=O)c1ccc(Cl)cc1. The van der Waals surface area contributed by atoms with Gasteiger partial charge in [-0.05, 0) is 80.4 Å². The van der Waals surface area contributed by atoms with Crippen molar-refractivity contribution in [2.24, 2.45) is 0 Å². The predicted octanol–water partition coefficient (Wildman–Crippen LogP) is 6.83. The molecule has 0 spiro atoms. The molecule has 1 unspecified atom stereocenters. The van der Waals surface area contributed by atoms with Gasteiger partial charge >= 0.3 is 0 Å². The summed E-state index contributed by atoms with van der Waals surface area (Å²) in [5.41, 5.74) is 0.727. The van der Waals surface area contributed by atoms with E-state index < -0.39 is 28.5 Å². The Kier molecular flexibility index (Phi) is 11.1. The second-order valence-electron chi connectivity index (χ2n) is 9.29. The molecule has 12 heteroatoms. The van der Waals surface area contributed by atoms with E-state index in [0.717, 1.165) is 4.31 Å². The van der Waals surface area contributed by atoms with Gasteiger partial charge in [-0.25, -0.2) is 8.42 Å². The summed E-state index contributed by atoms with van der Waals surface area (Å²) in [6.07, 6.45) is 0.274. The average molecular weight is 645 g/mol. The van der Waals surface area contributed by atoms with Gasteiger partial charge in [0, 0.05) is 32.7 Å².